The molecule has 7 nitrogen and oxygen atoms in total. The number of hydrogen-bond donors (Lipinski definition) is 1. The van der Waals surface area contributed by atoms with Crippen LogP contribution >= 0.6 is 0 Å². The fourth-order valence-electron chi connectivity index (χ4n) is 0.468. The second-order valence-corrected chi connectivity index (χ2v) is 2.12. The van der Waals surface area contributed by atoms with Crippen molar-refractivity contribution in [3.8, 4) is 12.3 Å². The summed E-state index contributed by atoms with van der Waals surface area (Å²) in [6.07, 6.45) is 6.26. The molecule has 0 aliphatic heterocycles. The highest BCUT2D eigenvalue weighted by atomic mass is 16.3. The van der Waals surface area contributed by atoms with Gasteiger partial charge in [0.25, 0.3) is 0 Å². The average molecular weight is 210 g/mol. The molecule has 0 saturated heterocycles. The van der Waals surface area contributed by atoms with E-state index in [4.69, 9.17) is 10.6 Å². The monoisotopic (exact) mass is 210 g/mol. The summed E-state index contributed by atoms with van der Waals surface area (Å²) >= 11 is 0. The molecule has 0 fully saturated rings. The number of azide groups is 1. The number of hydrogen-bond acceptors (Lipinski definition) is 4. The zero-order valence-electron chi connectivity index (χ0n) is 8.99. The molecule has 0 aliphatic carbocycles. The Morgan fingerprint density at radius 1 is 1.80 bits per heavy atom. The molecule has 0 aromatic carbocycles. The molecular weight excluding hydrogens is 196 g/mol. The third kappa shape index (κ3) is 12.0. The molecule has 0 spiro atoms. The van der Waals surface area contributed by atoms with Gasteiger partial charge < -0.3 is 5.11 Å². The van der Waals surface area contributed by atoms with Crippen LogP contribution in [0.1, 0.15) is 12.6 Å². The number of terminal acetylenes is 1. The summed E-state index contributed by atoms with van der Waals surface area (Å²) in [5.41, 5.74) is 7.94. The van der Waals surface area contributed by atoms with Crippen molar-refractivity contribution >= 4 is 0 Å². The molecule has 0 saturated carbocycles. The molecule has 0 unspecified atom stereocenters. The maximum atomic E-state index is 8.44. The van der Waals surface area contributed by atoms with Gasteiger partial charge in [0.2, 0.25) is 0 Å². The van der Waals surface area contributed by atoms with Gasteiger partial charge in [-0.3, -0.25) is 4.68 Å². The van der Waals surface area contributed by atoms with Gasteiger partial charge in [-0.2, -0.15) is 0 Å². The van der Waals surface area contributed by atoms with E-state index < -0.39 is 0 Å². The SMILES string of the molecule is C#CC.CN=[N+]=[N-].Cn1cc(CO)nn1. The van der Waals surface area contributed by atoms with Crippen molar-refractivity contribution in [3.05, 3.63) is 22.3 Å². The van der Waals surface area contributed by atoms with Crippen LogP contribution in [0.3, 0.4) is 0 Å². The van der Waals surface area contributed by atoms with Crippen LogP contribution in [-0.4, -0.2) is 27.1 Å². The molecule has 0 atom stereocenters. The number of nitrogens with zero attached hydrogens (tertiary/aromatic N) is 6. The van der Waals surface area contributed by atoms with Crippen molar-refractivity contribution in [1.82, 2.24) is 15.0 Å². The lowest BCUT2D eigenvalue weighted by Gasteiger charge is -1.78. The molecule has 7 heteroatoms. The molecule has 0 bridgehead atoms. The Kier molecular flexibility index (Phi) is 12.3. The van der Waals surface area contributed by atoms with Crippen LogP contribution in [0.5, 0.6) is 0 Å². The van der Waals surface area contributed by atoms with E-state index in [9.17, 15) is 0 Å². The Bertz CT molecular complexity index is 333. The fourth-order valence-corrected chi connectivity index (χ4v) is 0.468. The molecule has 82 valence electrons. The molecule has 0 radical (unpaired) electrons. The van der Waals surface area contributed by atoms with Crippen LogP contribution in [0, 0.1) is 12.3 Å². The summed E-state index contributed by atoms with van der Waals surface area (Å²) in [7, 11) is 3.14. The molecule has 1 heterocycles. The van der Waals surface area contributed by atoms with Crippen molar-refractivity contribution in [1.29, 1.82) is 0 Å². The number of aliphatic hydroxyl groups excluding tert-OH is 1. The van der Waals surface area contributed by atoms with E-state index in [1.165, 1.54) is 7.05 Å². The maximum absolute atomic E-state index is 8.44. The van der Waals surface area contributed by atoms with Crippen LogP contribution in [-0.2, 0) is 13.7 Å². The number of rotatable bonds is 1. The first kappa shape index (κ1) is 15.4. The summed E-state index contributed by atoms with van der Waals surface area (Å²) in [5, 5.41) is 18.5. The maximum Gasteiger partial charge on any atom is 0.108 e. The van der Waals surface area contributed by atoms with Gasteiger partial charge in [-0.05, 0) is 12.5 Å². The second kappa shape index (κ2) is 12.0. The minimum Gasteiger partial charge on any atom is -0.390 e. The number of aliphatic hydroxyl groups is 1. The van der Waals surface area contributed by atoms with E-state index in [0.29, 0.717) is 5.69 Å². The van der Waals surface area contributed by atoms with Crippen LogP contribution in [0.2, 0.25) is 0 Å². The molecule has 1 rings (SSSR count). The van der Waals surface area contributed by atoms with Crippen LogP contribution < -0.4 is 0 Å². The van der Waals surface area contributed by atoms with E-state index in [1.807, 2.05) is 0 Å². The van der Waals surface area contributed by atoms with E-state index in [2.05, 4.69) is 32.7 Å². The topological polar surface area (TPSA) is 99.7 Å². The van der Waals surface area contributed by atoms with Crippen molar-refractivity contribution in [2.45, 2.75) is 13.5 Å². The summed E-state index contributed by atoms with van der Waals surface area (Å²) in [6, 6.07) is 0. The van der Waals surface area contributed by atoms with Crippen molar-refractivity contribution in [2.24, 2.45) is 12.2 Å². The molecule has 15 heavy (non-hydrogen) atoms. The minimum absolute atomic E-state index is 0.0339. The van der Waals surface area contributed by atoms with Gasteiger partial charge in [0.05, 0.1) is 12.8 Å². The van der Waals surface area contributed by atoms with E-state index >= 15 is 0 Å². The Labute approximate surface area is 88.4 Å². The van der Waals surface area contributed by atoms with Crippen LogP contribution in [0.4, 0.5) is 0 Å². The Hall–Kier alpha value is -2.03. The average Bonchev–Trinajstić information content (AvgIpc) is 2.66. The molecule has 0 amide bonds. The van der Waals surface area contributed by atoms with Gasteiger partial charge in [0, 0.05) is 19.0 Å². The Morgan fingerprint density at radius 3 is 2.40 bits per heavy atom. The second-order valence-electron chi connectivity index (χ2n) is 2.12. The smallest absolute Gasteiger partial charge is 0.108 e. The number of aromatic nitrogens is 3. The van der Waals surface area contributed by atoms with Crippen molar-refractivity contribution < 1.29 is 5.11 Å². The predicted octanol–water partition coefficient (Wildman–Crippen LogP) is 0.873. The lowest BCUT2D eigenvalue weighted by molar-refractivity contribution is 0.276. The largest absolute Gasteiger partial charge is 0.390 e. The van der Waals surface area contributed by atoms with E-state index in [-0.39, 0.29) is 6.61 Å². The third-order valence-electron chi connectivity index (χ3n) is 0.902. The van der Waals surface area contributed by atoms with Gasteiger partial charge in [0.15, 0.2) is 0 Å². The lowest BCUT2D eigenvalue weighted by Crippen LogP contribution is -1.85. The minimum atomic E-state index is -0.0339. The summed E-state index contributed by atoms with van der Waals surface area (Å²) in [4.78, 5) is 2.36. The summed E-state index contributed by atoms with van der Waals surface area (Å²) in [5.74, 6) is 2.25. The van der Waals surface area contributed by atoms with Gasteiger partial charge in [0.1, 0.15) is 5.69 Å². The van der Waals surface area contributed by atoms with Crippen LogP contribution in [0.25, 0.3) is 10.4 Å². The molecule has 1 aromatic heterocycles. The molecule has 1 N–H and O–H groups in total. The zero-order valence-corrected chi connectivity index (χ0v) is 8.99. The highest BCUT2D eigenvalue weighted by Gasteiger charge is 1.91. The first-order valence-corrected chi connectivity index (χ1v) is 3.92. The Balaban J connectivity index is 0. The normalized spacial score (nSPS) is 6.87. The van der Waals surface area contributed by atoms with Crippen LogP contribution in [0.15, 0.2) is 11.3 Å². The lowest BCUT2D eigenvalue weighted by atomic mass is 10.5. The summed E-state index contributed by atoms with van der Waals surface area (Å²) in [6.45, 7) is 1.62. The van der Waals surface area contributed by atoms with Gasteiger partial charge in [-0.15, -0.1) is 17.4 Å². The Morgan fingerprint density at radius 2 is 2.27 bits per heavy atom. The quantitative estimate of drug-likeness (QED) is 0.322. The predicted molar refractivity (Wildman–Crippen MR) is 56.5 cm³/mol. The van der Waals surface area contributed by atoms with Crippen molar-refractivity contribution in [3.63, 3.8) is 0 Å². The highest BCUT2D eigenvalue weighted by molar-refractivity contribution is 4.87. The first-order valence-electron chi connectivity index (χ1n) is 3.92. The van der Waals surface area contributed by atoms with E-state index in [0.717, 1.165) is 0 Å². The van der Waals surface area contributed by atoms with Gasteiger partial charge >= 0.3 is 0 Å². The molecule has 0 aliphatic rings. The molecule has 1 aromatic rings. The highest BCUT2D eigenvalue weighted by Crippen LogP contribution is 1.87. The van der Waals surface area contributed by atoms with Crippen molar-refractivity contribution in [2.75, 3.05) is 7.05 Å². The van der Waals surface area contributed by atoms with Gasteiger partial charge in [-0.1, -0.05) is 10.3 Å². The van der Waals surface area contributed by atoms with Gasteiger partial charge in [-0.25, -0.2) is 0 Å². The first-order chi connectivity index (χ1) is 7.15. The fraction of sp³-hybridized carbons (Fsp3) is 0.500. The zero-order chi connectivity index (χ0) is 12.1. The standard InChI is InChI=1S/C4H7N3O.C3H4.CH3N3/c1-7-2-4(3-8)5-6-7;1-3-2;1-3-4-2/h2,8H,3H2,1H3;1H,2H3;1H3. The molecular formula is C8H14N6O. The number of aryl methyl sites for hydroxylation is 1. The van der Waals surface area contributed by atoms with E-state index in [1.54, 1.807) is 24.9 Å². The third-order valence-corrected chi connectivity index (χ3v) is 0.902. The summed E-state index contributed by atoms with van der Waals surface area (Å²) < 4.78 is 1.55.